The molecule has 2 N–H and O–H groups in total. The summed E-state index contributed by atoms with van der Waals surface area (Å²) in [5.74, 6) is 0.586. The highest BCUT2D eigenvalue weighted by molar-refractivity contribution is 5.71. The summed E-state index contributed by atoms with van der Waals surface area (Å²) in [5.41, 5.74) is 6.25. The molecule has 1 saturated carbocycles. The highest BCUT2D eigenvalue weighted by atomic mass is 16.6. The zero-order valence-electron chi connectivity index (χ0n) is 9.63. The molecule has 3 rings (SSSR count). The molecule has 1 atom stereocenters. The Hall–Kier alpha value is -1.55. The Labute approximate surface area is 100 Å². The molecule has 0 aromatic heterocycles. The van der Waals surface area contributed by atoms with Gasteiger partial charge in [0.25, 0.3) is 0 Å². The molecule has 2 fully saturated rings. The average Bonchev–Trinajstić information content (AvgIpc) is 3.02. The van der Waals surface area contributed by atoms with Crippen molar-refractivity contribution in [2.45, 2.75) is 18.9 Å². The maximum atomic E-state index is 11.9. The van der Waals surface area contributed by atoms with E-state index in [1.165, 1.54) is 0 Å². The summed E-state index contributed by atoms with van der Waals surface area (Å²) in [6, 6.07) is 9.26. The van der Waals surface area contributed by atoms with E-state index in [0.29, 0.717) is 12.3 Å². The van der Waals surface area contributed by atoms with Crippen molar-refractivity contribution in [2.75, 3.05) is 13.1 Å². The maximum absolute atomic E-state index is 11.9. The Kier molecular flexibility index (Phi) is 2.33. The van der Waals surface area contributed by atoms with Gasteiger partial charge in [-0.15, -0.1) is 0 Å². The van der Waals surface area contributed by atoms with Gasteiger partial charge in [-0.25, -0.2) is 4.79 Å². The van der Waals surface area contributed by atoms with Crippen LogP contribution in [0.15, 0.2) is 30.3 Å². The van der Waals surface area contributed by atoms with Crippen LogP contribution in [0.2, 0.25) is 0 Å². The largest absolute Gasteiger partial charge is 0.415 e. The lowest BCUT2D eigenvalue weighted by Gasteiger charge is -2.15. The molecule has 1 amide bonds. The molecule has 2 aliphatic rings. The molecular weight excluding hydrogens is 216 g/mol. The zero-order valence-corrected chi connectivity index (χ0v) is 9.63. The number of benzene rings is 1. The first-order valence-electron chi connectivity index (χ1n) is 5.97. The van der Waals surface area contributed by atoms with E-state index < -0.39 is 0 Å². The van der Waals surface area contributed by atoms with Gasteiger partial charge in [-0.2, -0.15) is 0 Å². The molecule has 1 aromatic carbocycles. The lowest BCUT2D eigenvalue weighted by atomic mass is 10.0. The molecule has 17 heavy (non-hydrogen) atoms. The molecular formula is C13H16N2O2. The van der Waals surface area contributed by atoms with Crippen molar-refractivity contribution >= 4 is 6.09 Å². The van der Waals surface area contributed by atoms with Crippen LogP contribution in [0.25, 0.3) is 0 Å². The number of hydrogen-bond donors (Lipinski definition) is 1. The van der Waals surface area contributed by atoms with Gasteiger partial charge in [-0.3, -0.25) is 0 Å². The van der Waals surface area contributed by atoms with Crippen LogP contribution in [0.1, 0.15) is 12.8 Å². The number of carbonyl (C=O) groups excluding carboxylic acids is 1. The molecule has 1 unspecified atom stereocenters. The highest BCUT2D eigenvalue weighted by Gasteiger charge is 2.54. The molecule has 4 heteroatoms. The van der Waals surface area contributed by atoms with Crippen LogP contribution >= 0.6 is 0 Å². The number of para-hydroxylation sites is 1. The lowest BCUT2D eigenvalue weighted by Crippen LogP contribution is -2.34. The van der Waals surface area contributed by atoms with E-state index in [1.54, 1.807) is 17.0 Å². The summed E-state index contributed by atoms with van der Waals surface area (Å²) in [6.07, 6.45) is 2.00. The standard InChI is InChI=1S/C13H16N2O2/c14-11-8-15(9-13(11)6-7-13)12(16)17-10-4-2-1-3-5-10/h1-5,11H,6-9,14H2. The Bertz CT molecular complexity index is 428. The third-order valence-electron chi connectivity index (χ3n) is 3.81. The number of nitrogens with zero attached hydrogens (tertiary/aromatic N) is 1. The number of rotatable bonds is 1. The Morgan fingerprint density at radius 1 is 1.35 bits per heavy atom. The topological polar surface area (TPSA) is 55.6 Å². The summed E-state index contributed by atoms with van der Waals surface area (Å²) < 4.78 is 5.30. The van der Waals surface area contributed by atoms with E-state index in [4.69, 9.17) is 10.5 Å². The maximum Gasteiger partial charge on any atom is 0.415 e. The number of likely N-dealkylation sites (tertiary alicyclic amines) is 1. The SMILES string of the molecule is NC1CN(C(=O)Oc2ccccc2)CC12CC2. The lowest BCUT2D eigenvalue weighted by molar-refractivity contribution is 0.160. The van der Waals surface area contributed by atoms with E-state index in [2.05, 4.69) is 0 Å². The summed E-state index contributed by atoms with van der Waals surface area (Å²) in [5, 5.41) is 0. The van der Waals surface area contributed by atoms with Crippen molar-refractivity contribution in [3.63, 3.8) is 0 Å². The van der Waals surface area contributed by atoms with Gasteiger partial charge in [0.15, 0.2) is 0 Å². The fraction of sp³-hybridized carbons (Fsp3) is 0.462. The van der Waals surface area contributed by atoms with E-state index >= 15 is 0 Å². The predicted octanol–water partition coefficient (Wildman–Crippen LogP) is 1.61. The van der Waals surface area contributed by atoms with E-state index in [0.717, 1.165) is 19.4 Å². The van der Waals surface area contributed by atoms with Crippen LogP contribution in [0.3, 0.4) is 0 Å². The second-order valence-electron chi connectivity index (χ2n) is 5.03. The number of ether oxygens (including phenoxy) is 1. The van der Waals surface area contributed by atoms with Crippen molar-refractivity contribution in [1.29, 1.82) is 0 Å². The van der Waals surface area contributed by atoms with Gasteiger partial charge in [-0.05, 0) is 25.0 Å². The zero-order chi connectivity index (χ0) is 11.9. The smallest absolute Gasteiger partial charge is 0.410 e. The third-order valence-corrected chi connectivity index (χ3v) is 3.81. The molecule has 1 saturated heterocycles. The molecule has 1 spiro atoms. The highest BCUT2D eigenvalue weighted by Crippen LogP contribution is 2.51. The number of amides is 1. The van der Waals surface area contributed by atoms with Gasteiger partial charge in [-0.1, -0.05) is 18.2 Å². The van der Waals surface area contributed by atoms with Crippen molar-refractivity contribution in [3.05, 3.63) is 30.3 Å². The van der Waals surface area contributed by atoms with Crippen LogP contribution in [0.4, 0.5) is 4.79 Å². The van der Waals surface area contributed by atoms with E-state index in [1.807, 2.05) is 18.2 Å². The van der Waals surface area contributed by atoms with Gasteiger partial charge in [0.2, 0.25) is 0 Å². The second-order valence-corrected chi connectivity index (χ2v) is 5.03. The van der Waals surface area contributed by atoms with Crippen LogP contribution < -0.4 is 10.5 Å². The fourth-order valence-corrected chi connectivity index (χ4v) is 2.48. The second kappa shape index (κ2) is 3.74. The number of carbonyl (C=O) groups is 1. The molecule has 1 aliphatic carbocycles. The Balaban J connectivity index is 1.64. The Morgan fingerprint density at radius 3 is 2.65 bits per heavy atom. The normalized spacial score (nSPS) is 25.0. The number of nitrogens with two attached hydrogens (primary N) is 1. The van der Waals surface area contributed by atoms with Gasteiger partial charge < -0.3 is 15.4 Å². The van der Waals surface area contributed by atoms with Gasteiger partial charge in [0.1, 0.15) is 5.75 Å². The fourth-order valence-electron chi connectivity index (χ4n) is 2.48. The molecule has 0 bridgehead atoms. The predicted molar refractivity (Wildman–Crippen MR) is 63.7 cm³/mol. The summed E-state index contributed by atoms with van der Waals surface area (Å²) >= 11 is 0. The minimum Gasteiger partial charge on any atom is -0.410 e. The minimum absolute atomic E-state index is 0.117. The third kappa shape index (κ3) is 1.89. The van der Waals surface area contributed by atoms with Gasteiger partial charge >= 0.3 is 6.09 Å². The Morgan fingerprint density at radius 2 is 2.06 bits per heavy atom. The quantitative estimate of drug-likeness (QED) is 0.800. The van der Waals surface area contributed by atoms with E-state index in [9.17, 15) is 4.79 Å². The first-order chi connectivity index (χ1) is 8.20. The first kappa shape index (κ1) is 10.6. The van der Waals surface area contributed by atoms with Crippen LogP contribution in [0.5, 0.6) is 5.75 Å². The van der Waals surface area contributed by atoms with Crippen molar-refractivity contribution < 1.29 is 9.53 Å². The van der Waals surface area contributed by atoms with Crippen LogP contribution in [0, 0.1) is 5.41 Å². The van der Waals surface area contributed by atoms with Crippen LogP contribution in [-0.2, 0) is 0 Å². The monoisotopic (exact) mass is 232 g/mol. The van der Waals surface area contributed by atoms with Gasteiger partial charge in [0.05, 0.1) is 0 Å². The molecule has 4 nitrogen and oxygen atoms in total. The summed E-state index contributed by atoms with van der Waals surface area (Å²) in [6.45, 7) is 1.37. The van der Waals surface area contributed by atoms with Crippen molar-refractivity contribution in [2.24, 2.45) is 11.1 Å². The van der Waals surface area contributed by atoms with Crippen molar-refractivity contribution in [3.8, 4) is 5.75 Å². The summed E-state index contributed by atoms with van der Waals surface area (Å²) in [7, 11) is 0. The molecule has 1 aliphatic heterocycles. The molecule has 0 radical (unpaired) electrons. The summed E-state index contributed by atoms with van der Waals surface area (Å²) in [4.78, 5) is 13.7. The minimum atomic E-state index is -0.282. The molecule has 1 heterocycles. The van der Waals surface area contributed by atoms with E-state index in [-0.39, 0.29) is 17.6 Å². The average molecular weight is 232 g/mol. The van der Waals surface area contributed by atoms with Gasteiger partial charge in [0, 0.05) is 24.5 Å². The van der Waals surface area contributed by atoms with Crippen LogP contribution in [-0.4, -0.2) is 30.1 Å². The number of hydrogen-bond acceptors (Lipinski definition) is 3. The molecule has 1 aromatic rings. The first-order valence-corrected chi connectivity index (χ1v) is 5.97. The molecule has 90 valence electrons. The van der Waals surface area contributed by atoms with Crippen molar-refractivity contribution in [1.82, 2.24) is 4.90 Å².